The fourth-order valence-electron chi connectivity index (χ4n) is 4.67. The summed E-state index contributed by atoms with van der Waals surface area (Å²) in [5.74, 6) is 1.62. The molecule has 0 heterocycles. The maximum Gasteiger partial charge on any atom is 0.123 e. The maximum atomic E-state index is 10.6. The molecule has 2 heteroatoms. The van der Waals surface area contributed by atoms with Gasteiger partial charge in [-0.3, -0.25) is 0 Å². The predicted octanol–water partition coefficient (Wildman–Crippen LogP) is 4.92. The number of phenolic OH excluding ortho intramolecular Hbond substituents is 1. The quantitative estimate of drug-likeness (QED) is 0.772. The van der Waals surface area contributed by atoms with Crippen molar-refractivity contribution in [3.05, 3.63) is 46.7 Å². The van der Waals surface area contributed by atoms with E-state index >= 15 is 0 Å². The Hall–Kier alpha value is -1.70. The number of hydrogen-bond donors (Lipinski definition) is 2. The third-order valence-corrected chi connectivity index (χ3v) is 5.75. The Balaban J connectivity index is 1.88. The van der Waals surface area contributed by atoms with Crippen molar-refractivity contribution in [3.63, 3.8) is 0 Å². The number of hydrogen-bond acceptors (Lipinski definition) is 2. The molecule has 0 aromatic heterocycles. The van der Waals surface area contributed by atoms with E-state index < -0.39 is 0 Å². The summed E-state index contributed by atoms with van der Waals surface area (Å²) in [6.07, 6.45) is 13.4. The lowest BCUT2D eigenvalue weighted by atomic mass is 9.69. The van der Waals surface area contributed by atoms with Crippen LogP contribution >= 0.6 is 0 Å². The molecule has 0 saturated heterocycles. The number of benzene rings is 1. The van der Waals surface area contributed by atoms with Crippen molar-refractivity contribution in [2.24, 2.45) is 11.8 Å². The molecular formula is C20H24O2. The lowest BCUT2D eigenvalue weighted by Gasteiger charge is -2.36. The van der Waals surface area contributed by atoms with Crippen LogP contribution in [0.3, 0.4) is 0 Å². The van der Waals surface area contributed by atoms with Crippen LogP contribution in [0.5, 0.6) is 5.75 Å². The van der Waals surface area contributed by atoms with Gasteiger partial charge in [-0.1, -0.05) is 25.0 Å². The first kappa shape index (κ1) is 13.9. The fraction of sp³-hybridized carbons (Fsp3) is 0.500. The zero-order valence-corrected chi connectivity index (χ0v) is 13.0. The van der Waals surface area contributed by atoms with Crippen LogP contribution in [0, 0.1) is 11.8 Å². The Labute approximate surface area is 132 Å². The Bertz CT molecular complexity index is 654. The lowest BCUT2D eigenvalue weighted by Crippen LogP contribution is -2.23. The highest BCUT2D eigenvalue weighted by Gasteiger charge is 2.34. The summed E-state index contributed by atoms with van der Waals surface area (Å²) < 4.78 is 0. The fourth-order valence-corrected chi connectivity index (χ4v) is 4.67. The summed E-state index contributed by atoms with van der Waals surface area (Å²) in [6, 6.07) is 3.90. The Kier molecular flexibility index (Phi) is 3.48. The van der Waals surface area contributed by atoms with Gasteiger partial charge in [-0.05, 0) is 73.6 Å². The van der Waals surface area contributed by atoms with Crippen LogP contribution < -0.4 is 0 Å². The maximum absolute atomic E-state index is 10.6. The van der Waals surface area contributed by atoms with Crippen molar-refractivity contribution in [1.29, 1.82) is 0 Å². The number of aromatic hydroxyl groups is 1. The number of aryl methyl sites for hydroxylation is 1. The Morgan fingerprint density at radius 1 is 0.909 bits per heavy atom. The van der Waals surface area contributed by atoms with Gasteiger partial charge in [0.25, 0.3) is 0 Å². The van der Waals surface area contributed by atoms with Gasteiger partial charge in [0.05, 0.1) is 0 Å². The van der Waals surface area contributed by atoms with Gasteiger partial charge in [-0.15, -0.1) is 0 Å². The average Bonchev–Trinajstić information content (AvgIpc) is 2.56. The van der Waals surface area contributed by atoms with Crippen molar-refractivity contribution in [1.82, 2.24) is 0 Å². The van der Waals surface area contributed by atoms with Gasteiger partial charge in [0.1, 0.15) is 11.5 Å². The van der Waals surface area contributed by atoms with E-state index in [1.165, 1.54) is 43.2 Å². The van der Waals surface area contributed by atoms with Gasteiger partial charge in [-0.25, -0.2) is 0 Å². The summed E-state index contributed by atoms with van der Waals surface area (Å²) in [6.45, 7) is 0. The van der Waals surface area contributed by atoms with E-state index in [2.05, 4.69) is 12.1 Å². The molecule has 2 N–H and O–H groups in total. The SMILES string of the molecule is OC1=C(c2c(O)ccc3c2CCCC3)C2CCCCC2C=C1. The van der Waals surface area contributed by atoms with Crippen LogP contribution in [0.2, 0.25) is 0 Å². The number of phenols is 1. The second-order valence-corrected chi connectivity index (χ2v) is 7.02. The van der Waals surface area contributed by atoms with E-state index in [1.807, 2.05) is 12.1 Å². The molecule has 22 heavy (non-hydrogen) atoms. The van der Waals surface area contributed by atoms with Crippen LogP contribution in [0.25, 0.3) is 5.57 Å². The predicted molar refractivity (Wildman–Crippen MR) is 88.9 cm³/mol. The topological polar surface area (TPSA) is 40.5 Å². The molecule has 1 aromatic rings. The molecule has 1 aromatic carbocycles. The zero-order chi connectivity index (χ0) is 15.1. The van der Waals surface area contributed by atoms with Crippen molar-refractivity contribution < 1.29 is 10.2 Å². The smallest absolute Gasteiger partial charge is 0.123 e. The molecule has 3 aliphatic carbocycles. The van der Waals surface area contributed by atoms with Crippen molar-refractivity contribution in [2.75, 3.05) is 0 Å². The van der Waals surface area contributed by atoms with E-state index in [1.54, 1.807) is 0 Å². The third kappa shape index (κ3) is 2.16. The minimum Gasteiger partial charge on any atom is -0.508 e. The molecule has 1 fully saturated rings. The summed E-state index contributed by atoms with van der Waals surface area (Å²) in [5, 5.41) is 21.1. The van der Waals surface area contributed by atoms with Gasteiger partial charge >= 0.3 is 0 Å². The summed E-state index contributed by atoms with van der Waals surface area (Å²) in [7, 11) is 0. The molecule has 1 saturated carbocycles. The van der Waals surface area contributed by atoms with E-state index in [0.29, 0.717) is 23.3 Å². The van der Waals surface area contributed by atoms with E-state index in [0.717, 1.165) is 30.4 Å². The molecule has 0 aliphatic heterocycles. The van der Waals surface area contributed by atoms with E-state index in [4.69, 9.17) is 0 Å². The molecule has 3 aliphatic rings. The van der Waals surface area contributed by atoms with Gasteiger partial charge < -0.3 is 10.2 Å². The number of aliphatic hydroxyl groups is 1. The highest BCUT2D eigenvalue weighted by molar-refractivity contribution is 5.79. The Morgan fingerprint density at radius 2 is 1.73 bits per heavy atom. The molecule has 2 atom stereocenters. The second kappa shape index (κ2) is 5.49. The third-order valence-electron chi connectivity index (χ3n) is 5.75. The van der Waals surface area contributed by atoms with Gasteiger partial charge in [-0.2, -0.15) is 0 Å². The molecule has 0 bridgehead atoms. The standard InChI is InChI=1S/C20H24O2/c21-17-11-9-13-5-1-3-7-15(13)19(17)20-16-8-4-2-6-14(16)10-12-18(20)22/h9-13,15,21-22H,1-8H2. The van der Waals surface area contributed by atoms with Crippen LogP contribution in [0.4, 0.5) is 0 Å². The molecule has 4 rings (SSSR count). The summed E-state index contributed by atoms with van der Waals surface area (Å²) >= 11 is 0. The second-order valence-electron chi connectivity index (χ2n) is 7.02. The first-order valence-corrected chi connectivity index (χ1v) is 8.71. The number of fused-ring (bicyclic) bond motifs is 2. The van der Waals surface area contributed by atoms with Gasteiger partial charge in [0.15, 0.2) is 0 Å². The molecular weight excluding hydrogens is 272 g/mol. The molecule has 2 nitrogen and oxygen atoms in total. The largest absolute Gasteiger partial charge is 0.508 e. The lowest BCUT2D eigenvalue weighted by molar-refractivity contribution is 0.325. The number of aliphatic hydroxyl groups excluding tert-OH is 1. The van der Waals surface area contributed by atoms with Crippen LogP contribution in [0.1, 0.15) is 55.2 Å². The Morgan fingerprint density at radius 3 is 2.64 bits per heavy atom. The highest BCUT2D eigenvalue weighted by Crippen LogP contribution is 2.48. The van der Waals surface area contributed by atoms with Crippen molar-refractivity contribution in [2.45, 2.75) is 51.4 Å². The zero-order valence-electron chi connectivity index (χ0n) is 13.0. The minimum absolute atomic E-state index is 0.349. The summed E-state index contributed by atoms with van der Waals surface area (Å²) in [4.78, 5) is 0. The van der Waals surface area contributed by atoms with Crippen LogP contribution in [-0.4, -0.2) is 10.2 Å². The van der Waals surface area contributed by atoms with Gasteiger partial charge in [0, 0.05) is 11.1 Å². The van der Waals surface area contributed by atoms with Crippen molar-refractivity contribution >= 4 is 5.57 Å². The molecule has 0 spiro atoms. The molecule has 116 valence electrons. The van der Waals surface area contributed by atoms with E-state index in [-0.39, 0.29) is 0 Å². The van der Waals surface area contributed by atoms with Gasteiger partial charge in [0.2, 0.25) is 0 Å². The normalized spacial score (nSPS) is 27.5. The molecule has 2 unspecified atom stereocenters. The number of rotatable bonds is 1. The number of allylic oxidation sites excluding steroid dienone is 3. The van der Waals surface area contributed by atoms with E-state index in [9.17, 15) is 10.2 Å². The first-order chi connectivity index (χ1) is 10.8. The first-order valence-electron chi connectivity index (χ1n) is 8.71. The molecule has 0 amide bonds. The average molecular weight is 296 g/mol. The van der Waals surface area contributed by atoms with Crippen LogP contribution in [0.15, 0.2) is 30.0 Å². The summed E-state index contributed by atoms with van der Waals surface area (Å²) in [5.41, 5.74) is 4.62. The van der Waals surface area contributed by atoms with Crippen molar-refractivity contribution in [3.8, 4) is 5.75 Å². The highest BCUT2D eigenvalue weighted by atomic mass is 16.3. The minimum atomic E-state index is 0.349. The monoisotopic (exact) mass is 296 g/mol. The molecule has 0 radical (unpaired) electrons. The van der Waals surface area contributed by atoms with Crippen LogP contribution in [-0.2, 0) is 12.8 Å².